The van der Waals surface area contributed by atoms with Crippen LogP contribution >= 0.6 is 15.9 Å². The Balaban J connectivity index is 1.78. The van der Waals surface area contributed by atoms with Gasteiger partial charge in [0.2, 0.25) is 0 Å². The summed E-state index contributed by atoms with van der Waals surface area (Å²) in [5, 5.41) is 20.2. The van der Waals surface area contributed by atoms with Gasteiger partial charge < -0.3 is 24.3 Å². The van der Waals surface area contributed by atoms with Crippen LogP contribution in [0.25, 0.3) is 22.3 Å². The van der Waals surface area contributed by atoms with Crippen molar-refractivity contribution in [1.82, 2.24) is 0 Å². The standard InChI is InChI=1S/C24H17BrNO7/c1-2-31-24(28)21-17-12-20(33-23(27)15-9-6-10-16(11-15)26(29)30)18(25)13-19(17)32-22(21)14-7-4-3-5-8-14/h3-13,29H,2H2,1H3/q-1. The first-order valence-electron chi connectivity index (χ1n) is 9.86. The monoisotopic (exact) mass is 510 g/mol. The molecule has 8 nitrogen and oxygen atoms in total. The molecular weight excluding hydrogens is 494 g/mol. The number of carbonyl (C=O) groups is 2. The summed E-state index contributed by atoms with van der Waals surface area (Å²) in [5.41, 5.74) is 1.23. The lowest BCUT2D eigenvalue weighted by molar-refractivity contribution is 0.0528. The van der Waals surface area contributed by atoms with Gasteiger partial charge in [-0.3, -0.25) is 5.21 Å². The van der Waals surface area contributed by atoms with E-state index in [4.69, 9.17) is 19.1 Å². The van der Waals surface area contributed by atoms with Crippen LogP contribution in [0, 0.1) is 5.21 Å². The van der Waals surface area contributed by atoms with Gasteiger partial charge >= 0.3 is 11.9 Å². The van der Waals surface area contributed by atoms with Gasteiger partial charge in [-0.1, -0.05) is 36.4 Å². The molecule has 33 heavy (non-hydrogen) atoms. The molecule has 0 amide bonds. The van der Waals surface area contributed by atoms with Crippen molar-refractivity contribution in [3.05, 3.63) is 87.5 Å². The van der Waals surface area contributed by atoms with Gasteiger partial charge in [-0.05, 0) is 53.2 Å². The number of rotatable bonds is 6. The van der Waals surface area contributed by atoms with E-state index >= 15 is 0 Å². The summed E-state index contributed by atoms with van der Waals surface area (Å²) in [6, 6.07) is 17.6. The highest BCUT2D eigenvalue weighted by Crippen LogP contribution is 2.39. The average Bonchev–Trinajstić information content (AvgIpc) is 3.18. The normalized spacial score (nSPS) is 10.8. The second-order valence-electron chi connectivity index (χ2n) is 6.88. The number of carbonyl (C=O) groups excluding carboxylic acids is 2. The number of esters is 2. The lowest BCUT2D eigenvalue weighted by atomic mass is 10.1. The largest absolute Gasteiger partial charge is 0.733 e. The van der Waals surface area contributed by atoms with Gasteiger partial charge in [0.25, 0.3) is 0 Å². The number of anilines is 1. The van der Waals surface area contributed by atoms with Crippen molar-refractivity contribution in [3.8, 4) is 17.1 Å². The van der Waals surface area contributed by atoms with E-state index in [9.17, 15) is 14.8 Å². The molecule has 4 aromatic rings. The van der Waals surface area contributed by atoms with E-state index in [1.807, 2.05) is 30.3 Å². The summed E-state index contributed by atoms with van der Waals surface area (Å²) in [5.74, 6) is -0.860. The smallest absolute Gasteiger partial charge is 0.343 e. The topological polar surface area (TPSA) is 112 Å². The second kappa shape index (κ2) is 9.45. The highest BCUT2D eigenvalue weighted by atomic mass is 79.9. The SMILES string of the molecule is CCOC(=O)c1c(-c2ccccc2)oc2cc(Br)c(OC(=O)c3cccc(N([O-])O)c3)cc12. The van der Waals surface area contributed by atoms with Crippen LogP contribution in [-0.4, -0.2) is 23.8 Å². The molecule has 0 aliphatic rings. The third-order valence-corrected chi connectivity index (χ3v) is 5.38. The van der Waals surface area contributed by atoms with Gasteiger partial charge in [-0.15, -0.1) is 0 Å². The van der Waals surface area contributed by atoms with Crippen LogP contribution in [0.5, 0.6) is 5.75 Å². The van der Waals surface area contributed by atoms with Crippen molar-refractivity contribution in [2.75, 3.05) is 11.8 Å². The molecule has 4 rings (SSSR count). The number of hydrogen-bond acceptors (Lipinski definition) is 8. The molecule has 1 N–H and O–H groups in total. The third-order valence-electron chi connectivity index (χ3n) is 4.76. The molecule has 0 saturated heterocycles. The number of fused-ring (bicyclic) bond motifs is 1. The fourth-order valence-corrected chi connectivity index (χ4v) is 3.69. The second-order valence-corrected chi connectivity index (χ2v) is 7.74. The summed E-state index contributed by atoms with van der Waals surface area (Å²) < 4.78 is 17.1. The predicted octanol–water partition coefficient (Wildman–Crippen LogP) is 5.95. The first-order chi connectivity index (χ1) is 15.9. The molecule has 1 aromatic heterocycles. The van der Waals surface area contributed by atoms with Crippen LogP contribution in [0.4, 0.5) is 5.69 Å². The van der Waals surface area contributed by atoms with E-state index in [1.165, 1.54) is 30.3 Å². The Labute approximate surface area is 196 Å². The van der Waals surface area contributed by atoms with Crippen LogP contribution in [-0.2, 0) is 4.74 Å². The van der Waals surface area contributed by atoms with Crippen LogP contribution in [0.1, 0.15) is 27.6 Å². The molecule has 1 heterocycles. The maximum atomic E-state index is 12.8. The highest BCUT2D eigenvalue weighted by Gasteiger charge is 2.25. The molecular formula is C24H17BrNO7-. The zero-order valence-corrected chi connectivity index (χ0v) is 18.9. The molecule has 3 aromatic carbocycles. The summed E-state index contributed by atoms with van der Waals surface area (Å²) in [6.07, 6.45) is 0. The minimum Gasteiger partial charge on any atom is -0.733 e. The quantitative estimate of drug-likeness (QED) is 0.192. The molecule has 0 aliphatic carbocycles. The van der Waals surface area contributed by atoms with E-state index < -0.39 is 11.9 Å². The maximum absolute atomic E-state index is 12.8. The van der Waals surface area contributed by atoms with Crippen LogP contribution in [0.15, 0.2) is 75.6 Å². The van der Waals surface area contributed by atoms with E-state index in [0.29, 0.717) is 26.8 Å². The van der Waals surface area contributed by atoms with Crippen LogP contribution < -0.4 is 9.96 Å². The van der Waals surface area contributed by atoms with Gasteiger partial charge in [0, 0.05) is 10.9 Å². The lowest BCUT2D eigenvalue weighted by Crippen LogP contribution is -2.12. The van der Waals surface area contributed by atoms with Crippen molar-refractivity contribution in [1.29, 1.82) is 0 Å². The summed E-state index contributed by atoms with van der Waals surface area (Å²) in [7, 11) is 0. The van der Waals surface area contributed by atoms with Crippen molar-refractivity contribution < 1.29 is 28.7 Å². The van der Waals surface area contributed by atoms with Gasteiger partial charge in [0.15, 0.2) is 0 Å². The molecule has 0 radical (unpaired) electrons. The van der Waals surface area contributed by atoms with Crippen molar-refractivity contribution in [2.24, 2.45) is 0 Å². The zero-order chi connectivity index (χ0) is 23.5. The first kappa shape index (κ1) is 22.5. The Bertz CT molecular complexity index is 1330. The summed E-state index contributed by atoms with van der Waals surface area (Å²) in [6.45, 7) is 1.88. The van der Waals surface area contributed by atoms with Gasteiger partial charge in [0.05, 0.1) is 22.3 Å². The number of hydrogen-bond donors (Lipinski definition) is 1. The molecule has 0 aliphatic heterocycles. The molecule has 0 fully saturated rings. The number of ether oxygens (including phenoxy) is 2. The number of nitrogens with zero attached hydrogens (tertiary/aromatic N) is 1. The van der Waals surface area contributed by atoms with Crippen molar-refractivity contribution in [3.63, 3.8) is 0 Å². The molecule has 0 atom stereocenters. The van der Waals surface area contributed by atoms with Crippen molar-refractivity contribution in [2.45, 2.75) is 6.92 Å². The average molecular weight is 511 g/mol. The van der Waals surface area contributed by atoms with Gasteiger partial charge in [-0.25, -0.2) is 9.59 Å². The first-order valence-corrected chi connectivity index (χ1v) is 10.6. The Morgan fingerprint density at radius 2 is 1.82 bits per heavy atom. The Morgan fingerprint density at radius 3 is 2.52 bits per heavy atom. The number of furan rings is 1. The predicted molar refractivity (Wildman–Crippen MR) is 124 cm³/mol. The fourth-order valence-electron chi connectivity index (χ4n) is 3.29. The van der Waals surface area contributed by atoms with Crippen LogP contribution in [0.3, 0.4) is 0 Å². The molecule has 0 unspecified atom stereocenters. The third kappa shape index (κ3) is 4.61. The fraction of sp³-hybridized carbons (Fsp3) is 0.0833. The maximum Gasteiger partial charge on any atom is 0.343 e. The lowest BCUT2D eigenvalue weighted by Gasteiger charge is -2.21. The Kier molecular flexibility index (Phi) is 6.45. The summed E-state index contributed by atoms with van der Waals surface area (Å²) >= 11 is 3.36. The zero-order valence-electron chi connectivity index (χ0n) is 17.3. The van der Waals surface area contributed by atoms with E-state index in [2.05, 4.69) is 15.9 Å². The van der Waals surface area contributed by atoms with E-state index in [-0.39, 0.29) is 34.4 Å². The van der Waals surface area contributed by atoms with Gasteiger partial charge in [-0.2, -0.15) is 0 Å². The molecule has 0 spiro atoms. The molecule has 168 valence electrons. The van der Waals surface area contributed by atoms with E-state index in [0.717, 1.165) is 0 Å². The van der Waals surface area contributed by atoms with E-state index in [1.54, 1.807) is 13.0 Å². The van der Waals surface area contributed by atoms with Crippen LogP contribution in [0.2, 0.25) is 0 Å². The Hall–Kier alpha value is -3.66. The molecule has 0 bridgehead atoms. The Morgan fingerprint density at radius 1 is 1.06 bits per heavy atom. The van der Waals surface area contributed by atoms with Gasteiger partial charge in [0.1, 0.15) is 22.7 Å². The minimum absolute atomic E-state index is 0.0529. The molecule has 9 heteroatoms. The van der Waals surface area contributed by atoms with Crippen molar-refractivity contribution >= 4 is 44.5 Å². The highest BCUT2D eigenvalue weighted by molar-refractivity contribution is 9.10. The number of halogens is 1. The minimum atomic E-state index is -0.761. The molecule has 0 saturated carbocycles. The summed E-state index contributed by atoms with van der Waals surface area (Å²) in [4.78, 5) is 25.5. The number of benzene rings is 3.